The van der Waals surface area contributed by atoms with E-state index in [1.165, 1.54) is 30.4 Å². The Kier molecular flexibility index (Phi) is 2.51. The average Bonchev–Trinajstić information content (AvgIpc) is 2.09. The minimum absolute atomic E-state index is 0.440. The molecule has 1 aromatic carbocycles. The summed E-state index contributed by atoms with van der Waals surface area (Å²) in [5.74, 6) is -0.151. The van der Waals surface area contributed by atoms with Crippen molar-refractivity contribution in [2.24, 2.45) is 0 Å². The van der Waals surface area contributed by atoms with Crippen molar-refractivity contribution in [2.75, 3.05) is 0 Å². The highest BCUT2D eigenvalue weighted by Crippen LogP contribution is 2.38. The fourth-order valence-electron chi connectivity index (χ4n) is 2.23. The predicted octanol–water partition coefficient (Wildman–Crippen LogP) is 3.27. The van der Waals surface area contributed by atoms with Crippen LogP contribution in [-0.4, -0.2) is 11.1 Å². The van der Waals surface area contributed by atoms with Crippen molar-refractivity contribution in [3.05, 3.63) is 34.4 Å². The standard InChI is InChI=1S/C13H16O2/c1-8-9(2)12(13(14)15)7-6-11(8)10-4-3-5-10/h6-7,10H,3-5H2,1-2H3,(H,14,15). The number of benzene rings is 1. The lowest BCUT2D eigenvalue weighted by molar-refractivity contribution is 0.0696. The van der Waals surface area contributed by atoms with Gasteiger partial charge >= 0.3 is 5.97 Å². The van der Waals surface area contributed by atoms with E-state index < -0.39 is 5.97 Å². The van der Waals surface area contributed by atoms with Crippen molar-refractivity contribution in [2.45, 2.75) is 39.0 Å². The van der Waals surface area contributed by atoms with Gasteiger partial charge in [0.1, 0.15) is 0 Å². The van der Waals surface area contributed by atoms with E-state index in [1.54, 1.807) is 6.07 Å². The molecule has 0 heterocycles. The van der Waals surface area contributed by atoms with Gasteiger partial charge in [-0.2, -0.15) is 0 Å². The Labute approximate surface area is 89.9 Å². The molecule has 0 radical (unpaired) electrons. The summed E-state index contributed by atoms with van der Waals surface area (Å²) >= 11 is 0. The van der Waals surface area contributed by atoms with Crippen LogP contribution in [0.2, 0.25) is 0 Å². The van der Waals surface area contributed by atoms with E-state index in [9.17, 15) is 4.79 Å². The van der Waals surface area contributed by atoms with Crippen LogP contribution >= 0.6 is 0 Å². The van der Waals surface area contributed by atoms with Gasteiger partial charge in [0.15, 0.2) is 0 Å². The molecule has 0 amide bonds. The summed E-state index contributed by atoms with van der Waals surface area (Å²) in [7, 11) is 0. The molecule has 1 aliphatic carbocycles. The van der Waals surface area contributed by atoms with Gasteiger partial charge in [-0.25, -0.2) is 4.79 Å². The van der Waals surface area contributed by atoms with Crippen molar-refractivity contribution in [3.63, 3.8) is 0 Å². The van der Waals surface area contributed by atoms with Crippen LogP contribution in [0.3, 0.4) is 0 Å². The minimum Gasteiger partial charge on any atom is -0.478 e. The van der Waals surface area contributed by atoms with Gasteiger partial charge in [-0.05, 0) is 55.4 Å². The third-order valence-corrected chi connectivity index (χ3v) is 3.60. The number of rotatable bonds is 2. The number of hydrogen-bond acceptors (Lipinski definition) is 1. The molecule has 1 N–H and O–H groups in total. The molecule has 2 nitrogen and oxygen atoms in total. The molecule has 0 spiro atoms. The maximum Gasteiger partial charge on any atom is 0.335 e. The molecule has 15 heavy (non-hydrogen) atoms. The van der Waals surface area contributed by atoms with Crippen LogP contribution < -0.4 is 0 Å². The van der Waals surface area contributed by atoms with Crippen LogP contribution in [0, 0.1) is 13.8 Å². The Bertz CT molecular complexity index is 403. The predicted molar refractivity (Wildman–Crippen MR) is 59.5 cm³/mol. The minimum atomic E-state index is -0.823. The van der Waals surface area contributed by atoms with Crippen LogP contribution in [0.15, 0.2) is 12.1 Å². The maximum atomic E-state index is 10.9. The first-order valence-corrected chi connectivity index (χ1v) is 5.44. The Morgan fingerprint density at radius 2 is 1.93 bits per heavy atom. The van der Waals surface area contributed by atoms with Crippen molar-refractivity contribution >= 4 is 5.97 Å². The van der Waals surface area contributed by atoms with Crippen molar-refractivity contribution < 1.29 is 9.90 Å². The second kappa shape index (κ2) is 3.69. The second-order valence-corrected chi connectivity index (χ2v) is 4.39. The highest BCUT2D eigenvalue weighted by Gasteiger charge is 2.22. The van der Waals surface area contributed by atoms with Crippen LogP contribution in [0.1, 0.15) is 52.2 Å². The molecule has 1 saturated carbocycles. The van der Waals surface area contributed by atoms with E-state index >= 15 is 0 Å². The Balaban J connectivity index is 2.43. The van der Waals surface area contributed by atoms with Crippen LogP contribution in [0.25, 0.3) is 0 Å². The van der Waals surface area contributed by atoms with Gasteiger partial charge in [0.25, 0.3) is 0 Å². The van der Waals surface area contributed by atoms with E-state index in [4.69, 9.17) is 5.11 Å². The smallest absolute Gasteiger partial charge is 0.335 e. The normalized spacial score (nSPS) is 16.1. The van der Waals surface area contributed by atoms with Crippen molar-refractivity contribution in [1.82, 2.24) is 0 Å². The first-order valence-electron chi connectivity index (χ1n) is 5.44. The zero-order valence-electron chi connectivity index (χ0n) is 9.21. The van der Waals surface area contributed by atoms with Crippen LogP contribution in [-0.2, 0) is 0 Å². The maximum absolute atomic E-state index is 10.9. The molecule has 1 aliphatic rings. The fraction of sp³-hybridized carbons (Fsp3) is 0.462. The van der Waals surface area contributed by atoms with E-state index in [2.05, 4.69) is 0 Å². The van der Waals surface area contributed by atoms with E-state index in [1.807, 2.05) is 19.9 Å². The quantitative estimate of drug-likeness (QED) is 0.802. The molecule has 2 heteroatoms. The zero-order valence-corrected chi connectivity index (χ0v) is 9.21. The number of aromatic carboxylic acids is 1. The highest BCUT2D eigenvalue weighted by atomic mass is 16.4. The fourth-order valence-corrected chi connectivity index (χ4v) is 2.23. The van der Waals surface area contributed by atoms with E-state index in [0.29, 0.717) is 11.5 Å². The Morgan fingerprint density at radius 3 is 2.40 bits per heavy atom. The number of hydrogen-bond donors (Lipinski definition) is 1. The summed E-state index contributed by atoms with van der Waals surface area (Å²) in [5.41, 5.74) is 3.88. The first kappa shape index (κ1) is 10.2. The monoisotopic (exact) mass is 204 g/mol. The molecule has 1 fully saturated rings. The van der Waals surface area contributed by atoms with Gasteiger partial charge in [0.05, 0.1) is 5.56 Å². The van der Waals surface area contributed by atoms with E-state index in [0.717, 1.165) is 5.56 Å². The summed E-state index contributed by atoms with van der Waals surface area (Å²) in [6, 6.07) is 3.74. The topological polar surface area (TPSA) is 37.3 Å². The summed E-state index contributed by atoms with van der Waals surface area (Å²) in [4.78, 5) is 10.9. The molecular weight excluding hydrogens is 188 g/mol. The van der Waals surface area contributed by atoms with Gasteiger partial charge in [0, 0.05) is 0 Å². The molecule has 0 aromatic heterocycles. The van der Waals surface area contributed by atoms with Gasteiger partial charge < -0.3 is 5.11 Å². The molecular formula is C13H16O2. The number of carbonyl (C=O) groups is 1. The lowest BCUT2D eigenvalue weighted by Gasteiger charge is -2.28. The zero-order chi connectivity index (χ0) is 11.0. The molecule has 0 bridgehead atoms. The van der Waals surface area contributed by atoms with E-state index in [-0.39, 0.29) is 0 Å². The molecule has 0 unspecified atom stereocenters. The summed E-state index contributed by atoms with van der Waals surface area (Å²) in [6.07, 6.45) is 3.82. The van der Waals surface area contributed by atoms with Crippen molar-refractivity contribution in [1.29, 1.82) is 0 Å². The second-order valence-electron chi connectivity index (χ2n) is 4.39. The lowest BCUT2D eigenvalue weighted by atomic mass is 9.77. The van der Waals surface area contributed by atoms with Gasteiger partial charge in [-0.1, -0.05) is 12.5 Å². The van der Waals surface area contributed by atoms with Gasteiger partial charge in [0.2, 0.25) is 0 Å². The van der Waals surface area contributed by atoms with Crippen LogP contribution in [0.5, 0.6) is 0 Å². The first-order chi connectivity index (χ1) is 7.11. The molecule has 80 valence electrons. The summed E-state index contributed by atoms with van der Waals surface area (Å²) < 4.78 is 0. The van der Waals surface area contributed by atoms with Crippen molar-refractivity contribution in [3.8, 4) is 0 Å². The van der Waals surface area contributed by atoms with Gasteiger partial charge in [-0.3, -0.25) is 0 Å². The molecule has 0 atom stereocenters. The molecule has 2 rings (SSSR count). The summed E-state index contributed by atoms with van der Waals surface area (Å²) in [5, 5.41) is 8.99. The molecule has 0 saturated heterocycles. The lowest BCUT2D eigenvalue weighted by Crippen LogP contribution is -2.12. The third-order valence-electron chi connectivity index (χ3n) is 3.60. The van der Waals surface area contributed by atoms with Gasteiger partial charge in [-0.15, -0.1) is 0 Å². The number of carboxylic acids is 1. The largest absolute Gasteiger partial charge is 0.478 e. The number of carboxylic acid groups (broad SMARTS) is 1. The third kappa shape index (κ3) is 1.65. The highest BCUT2D eigenvalue weighted by molar-refractivity contribution is 5.89. The summed E-state index contributed by atoms with van der Waals surface area (Å²) in [6.45, 7) is 3.94. The Hall–Kier alpha value is -1.31. The average molecular weight is 204 g/mol. The molecule has 0 aliphatic heterocycles. The Morgan fingerprint density at radius 1 is 1.27 bits per heavy atom. The van der Waals surface area contributed by atoms with Crippen LogP contribution in [0.4, 0.5) is 0 Å². The SMILES string of the molecule is Cc1c(C(=O)O)ccc(C2CCC2)c1C. The molecule has 1 aromatic rings.